The third-order valence-corrected chi connectivity index (χ3v) is 2.61. The van der Waals surface area contributed by atoms with Crippen LogP contribution >= 0.6 is 11.8 Å². The Morgan fingerprint density at radius 2 is 2.60 bits per heavy atom. The van der Waals surface area contributed by atoms with Gasteiger partial charge in [-0.15, -0.1) is 11.8 Å². The zero-order chi connectivity index (χ0) is 6.97. The molecule has 3 nitrogen and oxygen atoms in total. The maximum atomic E-state index is 5.70. The van der Waals surface area contributed by atoms with E-state index in [9.17, 15) is 0 Å². The Hall–Kier alpha value is -0.770. The molecule has 0 bridgehead atoms. The van der Waals surface area contributed by atoms with Gasteiger partial charge in [-0.3, -0.25) is 0 Å². The smallest absolute Gasteiger partial charge is 0.116 e. The van der Waals surface area contributed by atoms with E-state index in [1.807, 2.05) is 24.0 Å². The minimum absolute atomic E-state index is 0.366. The van der Waals surface area contributed by atoms with E-state index in [0.717, 1.165) is 17.3 Å². The Bertz CT molecular complexity index is 209. The molecular weight excluding hydrogens is 146 g/mol. The number of hydrogen-bond donors (Lipinski definition) is 3. The molecule has 54 valence electrons. The molecule has 10 heavy (non-hydrogen) atoms. The lowest BCUT2D eigenvalue weighted by atomic mass is 10.2. The number of fused-ring (bicyclic) bond motifs is 1. The average molecular weight is 155 g/mol. The van der Waals surface area contributed by atoms with E-state index in [-0.39, 0.29) is 0 Å². The summed E-state index contributed by atoms with van der Waals surface area (Å²) in [7, 11) is 0. The maximum Gasteiger partial charge on any atom is 0.116 e. The Morgan fingerprint density at radius 3 is 3.40 bits per heavy atom. The number of rotatable bonds is 0. The molecule has 2 aliphatic heterocycles. The number of allylic oxidation sites excluding steroid dienone is 1. The van der Waals surface area contributed by atoms with Crippen molar-refractivity contribution in [2.75, 3.05) is 5.88 Å². The summed E-state index contributed by atoms with van der Waals surface area (Å²) in [4.78, 5) is 0. The molecule has 0 amide bonds. The summed E-state index contributed by atoms with van der Waals surface area (Å²) in [5.41, 5.74) is 7.68. The molecule has 0 saturated carbocycles. The lowest BCUT2D eigenvalue weighted by Gasteiger charge is -2.16. The highest BCUT2D eigenvalue weighted by molar-refractivity contribution is 8.00. The highest BCUT2D eigenvalue weighted by Gasteiger charge is 2.23. The molecule has 2 heterocycles. The van der Waals surface area contributed by atoms with E-state index in [1.54, 1.807) is 0 Å². The molecule has 2 aliphatic rings. The monoisotopic (exact) mass is 155 g/mol. The number of thioether (sulfide) groups is 1. The Balaban J connectivity index is 2.32. The summed E-state index contributed by atoms with van der Waals surface area (Å²) in [5.74, 6) is 0.954. The van der Waals surface area contributed by atoms with Gasteiger partial charge in [-0.2, -0.15) is 0 Å². The van der Waals surface area contributed by atoms with E-state index in [1.165, 1.54) is 0 Å². The second-order valence-corrected chi connectivity index (χ2v) is 3.33. The fourth-order valence-corrected chi connectivity index (χ4v) is 2.05. The van der Waals surface area contributed by atoms with Crippen LogP contribution in [0.4, 0.5) is 0 Å². The van der Waals surface area contributed by atoms with Crippen molar-refractivity contribution in [1.29, 1.82) is 0 Å². The van der Waals surface area contributed by atoms with Crippen molar-refractivity contribution in [3.05, 3.63) is 23.7 Å². The number of nitrogens with one attached hydrogen (secondary N) is 2. The third-order valence-electron chi connectivity index (χ3n) is 1.60. The summed E-state index contributed by atoms with van der Waals surface area (Å²) in [6, 6.07) is 0. The van der Waals surface area contributed by atoms with E-state index in [0.29, 0.717) is 5.37 Å². The van der Waals surface area contributed by atoms with Crippen molar-refractivity contribution >= 4 is 11.8 Å². The van der Waals surface area contributed by atoms with Crippen LogP contribution in [0.15, 0.2) is 23.7 Å². The van der Waals surface area contributed by atoms with Gasteiger partial charge in [0.15, 0.2) is 0 Å². The van der Waals surface area contributed by atoms with E-state index >= 15 is 0 Å². The van der Waals surface area contributed by atoms with Gasteiger partial charge in [-0.1, -0.05) is 0 Å². The van der Waals surface area contributed by atoms with Crippen molar-refractivity contribution in [3.63, 3.8) is 0 Å². The quantitative estimate of drug-likeness (QED) is 0.457. The minimum atomic E-state index is 0.366. The van der Waals surface area contributed by atoms with Gasteiger partial charge in [0.2, 0.25) is 0 Å². The Kier molecular flexibility index (Phi) is 1.27. The van der Waals surface area contributed by atoms with Gasteiger partial charge in [-0.05, 0) is 12.3 Å². The molecule has 0 aliphatic carbocycles. The topological polar surface area (TPSA) is 50.1 Å². The van der Waals surface area contributed by atoms with Crippen LogP contribution in [0.1, 0.15) is 0 Å². The minimum Gasteiger partial charge on any atom is -0.397 e. The molecule has 0 radical (unpaired) electrons. The average Bonchev–Trinajstić information content (AvgIpc) is 2.36. The normalized spacial score (nSPS) is 29.4. The summed E-state index contributed by atoms with van der Waals surface area (Å²) >= 11 is 1.82. The van der Waals surface area contributed by atoms with Gasteiger partial charge in [0.1, 0.15) is 5.37 Å². The van der Waals surface area contributed by atoms with E-state index < -0.39 is 0 Å². The Labute approximate surface area is 63.7 Å². The largest absolute Gasteiger partial charge is 0.397 e. The first-order valence-electron chi connectivity index (χ1n) is 3.15. The third kappa shape index (κ3) is 0.759. The molecule has 0 spiro atoms. The van der Waals surface area contributed by atoms with E-state index in [4.69, 9.17) is 5.73 Å². The van der Waals surface area contributed by atoms with Crippen LogP contribution < -0.4 is 16.4 Å². The highest BCUT2D eigenvalue weighted by atomic mass is 32.2. The first-order chi connectivity index (χ1) is 4.88. The zero-order valence-corrected chi connectivity index (χ0v) is 6.24. The zero-order valence-electron chi connectivity index (χ0n) is 5.42. The number of hydrogen-bond acceptors (Lipinski definition) is 4. The molecule has 1 atom stereocenters. The predicted molar refractivity (Wildman–Crippen MR) is 42.9 cm³/mol. The molecule has 1 saturated heterocycles. The molecular formula is C6H9N3S. The highest BCUT2D eigenvalue weighted by Crippen LogP contribution is 2.24. The van der Waals surface area contributed by atoms with Gasteiger partial charge >= 0.3 is 0 Å². The second kappa shape index (κ2) is 2.12. The van der Waals surface area contributed by atoms with Crippen molar-refractivity contribution in [3.8, 4) is 0 Å². The fraction of sp³-hybridized carbons (Fsp3) is 0.333. The van der Waals surface area contributed by atoms with Crippen molar-refractivity contribution in [2.45, 2.75) is 5.37 Å². The molecule has 4 N–H and O–H groups in total. The van der Waals surface area contributed by atoms with Crippen LogP contribution in [0.5, 0.6) is 0 Å². The summed E-state index contributed by atoms with van der Waals surface area (Å²) < 4.78 is 0. The lowest BCUT2D eigenvalue weighted by Crippen LogP contribution is -2.29. The summed E-state index contributed by atoms with van der Waals surface area (Å²) in [5, 5.41) is 6.77. The Morgan fingerprint density at radius 1 is 1.70 bits per heavy atom. The van der Waals surface area contributed by atoms with Crippen LogP contribution in [0, 0.1) is 0 Å². The van der Waals surface area contributed by atoms with Gasteiger partial charge in [-0.25, -0.2) is 0 Å². The van der Waals surface area contributed by atoms with Crippen LogP contribution in [0.25, 0.3) is 0 Å². The molecule has 1 fully saturated rings. The van der Waals surface area contributed by atoms with Crippen LogP contribution in [-0.2, 0) is 0 Å². The van der Waals surface area contributed by atoms with Crippen molar-refractivity contribution < 1.29 is 0 Å². The van der Waals surface area contributed by atoms with Crippen LogP contribution in [0.3, 0.4) is 0 Å². The van der Waals surface area contributed by atoms with Gasteiger partial charge in [0, 0.05) is 0 Å². The fourth-order valence-electron chi connectivity index (χ4n) is 1.08. The molecule has 0 aromatic carbocycles. The summed E-state index contributed by atoms with van der Waals surface area (Å²) in [6.07, 6.45) is 3.77. The molecule has 0 aromatic rings. The standard InChI is InChI=1S/C6H9N3S/c7-4-1-2-8-6-5(4)9-3-10-6/h1-2,6,8-9H,3,7H2. The van der Waals surface area contributed by atoms with Gasteiger partial charge in [0.05, 0.1) is 17.3 Å². The van der Waals surface area contributed by atoms with Crippen LogP contribution in [0.2, 0.25) is 0 Å². The second-order valence-electron chi connectivity index (χ2n) is 2.24. The van der Waals surface area contributed by atoms with Crippen LogP contribution in [-0.4, -0.2) is 11.3 Å². The first kappa shape index (κ1) is 5.97. The number of nitrogens with two attached hydrogens (primary N) is 1. The van der Waals surface area contributed by atoms with E-state index in [2.05, 4.69) is 10.6 Å². The molecule has 0 aromatic heterocycles. The molecule has 1 unspecified atom stereocenters. The predicted octanol–water partition coefficient (Wildman–Crippen LogP) is -0.106. The lowest BCUT2D eigenvalue weighted by molar-refractivity contribution is 0.796. The van der Waals surface area contributed by atoms with Crippen molar-refractivity contribution in [2.24, 2.45) is 5.73 Å². The molecule has 2 rings (SSSR count). The van der Waals surface area contributed by atoms with Gasteiger partial charge in [0.25, 0.3) is 0 Å². The summed E-state index contributed by atoms with van der Waals surface area (Å²) in [6.45, 7) is 0. The maximum absolute atomic E-state index is 5.70. The molecule has 4 heteroatoms. The first-order valence-corrected chi connectivity index (χ1v) is 4.20. The van der Waals surface area contributed by atoms with Gasteiger partial charge < -0.3 is 16.4 Å². The SMILES string of the molecule is NC1=C2NCSC2NC=C1. The number of dihydropyridines is 1. The van der Waals surface area contributed by atoms with Crippen molar-refractivity contribution in [1.82, 2.24) is 10.6 Å².